The van der Waals surface area contributed by atoms with Crippen LogP contribution in [0.4, 0.5) is 13.2 Å². The largest absolute Gasteiger partial charge is 0.316 e. The van der Waals surface area contributed by atoms with Crippen LogP contribution in [0.2, 0.25) is 0 Å². The highest BCUT2D eigenvalue weighted by Gasteiger charge is 2.17. The topological polar surface area (TPSA) is 12.0 Å². The summed E-state index contributed by atoms with van der Waals surface area (Å²) in [5.74, 6) is -1.47. The lowest BCUT2D eigenvalue weighted by molar-refractivity contribution is 0.500. The van der Waals surface area contributed by atoms with Crippen molar-refractivity contribution in [2.24, 2.45) is 0 Å². The van der Waals surface area contributed by atoms with E-state index in [1.807, 2.05) is 0 Å². The van der Waals surface area contributed by atoms with Gasteiger partial charge in [-0.3, -0.25) is 0 Å². The third kappa shape index (κ3) is 3.86. The van der Waals surface area contributed by atoms with E-state index in [0.29, 0.717) is 10.9 Å². The van der Waals surface area contributed by atoms with Gasteiger partial charge in [-0.05, 0) is 59.6 Å². The van der Waals surface area contributed by atoms with Gasteiger partial charge in [0.25, 0.3) is 0 Å². The van der Waals surface area contributed by atoms with Crippen LogP contribution in [0, 0.1) is 17.5 Å². The number of likely N-dealkylation sites (N-methyl/N-ethyl adjacent to an activating group) is 1. The minimum atomic E-state index is -0.562. The molecule has 0 saturated heterocycles. The van der Waals surface area contributed by atoms with Gasteiger partial charge in [0.05, 0.1) is 4.47 Å². The average Bonchev–Trinajstić information content (AvgIpc) is 2.46. The molecule has 0 aromatic heterocycles. The molecule has 0 aliphatic rings. The van der Waals surface area contributed by atoms with Crippen molar-refractivity contribution in [3.63, 3.8) is 0 Å². The van der Waals surface area contributed by atoms with Crippen molar-refractivity contribution < 1.29 is 13.2 Å². The van der Waals surface area contributed by atoms with Crippen LogP contribution in [0.15, 0.2) is 40.9 Å². The second-order valence-corrected chi connectivity index (χ2v) is 5.60. The zero-order valence-corrected chi connectivity index (χ0v) is 13.1. The van der Waals surface area contributed by atoms with Crippen LogP contribution >= 0.6 is 15.9 Å². The molecule has 0 saturated carbocycles. The Kier molecular flexibility index (Phi) is 5.42. The third-order valence-corrected chi connectivity index (χ3v) is 4.31. The predicted molar refractivity (Wildman–Crippen MR) is 80.7 cm³/mol. The first-order chi connectivity index (χ1) is 10.0. The van der Waals surface area contributed by atoms with Crippen LogP contribution in [0.3, 0.4) is 0 Å². The summed E-state index contributed by atoms with van der Waals surface area (Å²) in [5, 5.41) is 3.02. The van der Waals surface area contributed by atoms with Crippen molar-refractivity contribution in [1.29, 1.82) is 0 Å². The van der Waals surface area contributed by atoms with Crippen molar-refractivity contribution in [3.8, 4) is 0 Å². The van der Waals surface area contributed by atoms with E-state index < -0.39 is 11.6 Å². The van der Waals surface area contributed by atoms with E-state index in [4.69, 9.17) is 0 Å². The third-order valence-electron chi connectivity index (χ3n) is 3.42. The Hall–Kier alpha value is -1.33. The molecule has 1 atom stereocenters. The first-order valence-electron chi connectivity index (χ1n) is 6.56. The number of benzene rings is 2. The van der Waals surface area contributed by atoms with Crippen molar-refractivity contribution >= 4 is 15.9 Å². The molecule has 0 fully saturated rings. The van der Waals surface area contributed by atoms with E-state index in [9.17, 15) is 13.2 Å². The molecule has 0 radical (unpaired) electrons. The number of hydrogen-bond donors (Lipinski definition) is 1. The molecular weight excluding hydrogens is 343 g/mol. The first kappa shape index (κ1) is 16.0. The molecule has 0 aliphatic carbocycles. The fourth-order valence-electron chi connectivity index (χ4n) is 2.22. The van der Waals surface area contributed by atoms with Crippen molar-refractivity contribution in [3.05, 3.63) is 69.4 Å². The second kappa shape index (κ2) is 7.09. The van der Waals surface area contributed by atoms with Gasteiger partial charge in [0.15, 0.2) is 0 Å². The summed E-state index contributed by atoms with van der Waals surface area (Å²) in [5.41, 5.74) is 0.801. The van der Waals surface area contributed by atoms with Crippen molar-refractivity contribution in [1.82, 2.24) is 5.32 Å². The van der Waals surface area contributed by atoms with E-state index in [-0.39, 0.29) is 23.8 Å². The number of hydrogen-bond acceptors (Lipinski definition) is 1. The summed E-state index contributed by atoms with van der Waals surface area (Å²) in [6, 6.07) is 8.38. The molecule has 21 heavy (non-hydrogen) atoms. The molecule has 0 spiro atoms. The highest BCUT2D eigenvalue weighted by Crippen LogP contribution is 2.23. The van der Waals surface area contributed by atoms with Crippen LogP contribution < -0.4 is 5.32 Å². The van der Waals surface area contributed by atoms with E-state index in [2.05, 4.69) is 21.2 Å². The summed E-state index contributed by atoms with van der Waals surface area (Å²) < 4.78 is 41.3. The molecule has 0 bridgehead atoms. The van der Waals surface area contributed by atoms with Gasteiger partial charge < -0.3 is 5.32 Å². The molecule has 0 amide bonds. The molecule has 0 aliphatic heterocycles. The summed E-state index contributed by atoms with van der Waals surface area (Å²) in [6.45, 7) is 0. The van der Waals surface area contributed by atoms with Crippen LogP contribution in [0.25, 0.3) is 0 Å². The summed E-state index contributed by atoms with van der Waals surface area (Å²) in [6.07, 6.45) is 0.653. The lowest BCUT2D eigenvalue weighted by atomic mass is 9.98. The SMILES string of the molecule is CNC(Cc1cccc(F)c1Br)Cc1c(F)cccc1F. The van der Waals surface area contributed by atoms with Gasteiger partial charge >= 0.3 is 0 Å². The van der Waals surface area contributed by atoms with Crippen LogP contribution in [-0.4, -0.2) is 13.1 Å². The smallest absolute Gasteiger partial charge is 0.137 e. The molecule has 5 heteroatoms. The zero-order valence-electron chi connectivity index (χ0n) is 11.5. The van der Waals surface area contributed by atoms with Crippen molar-refractivity contribution in [2.45, 2.75) is 18.9 Å². The predicted octanol–water partition coefficient (Wildman–Crippen LogP) is 4.24. The Morgan fingerprint density at radius 3 is 2.14 bits per heavy atom. The van der Waals surface area contributed by atoms with Crippen LogP contribution in [-0.2, 0) is 12.8 Å². The fourth-order valence-corrected chi connectivity index (χ4v) is 2.65. The van der Waals surface area contributed by atoms with Crippen LogP contribution in [0.5, 0.6) is 0 Å². The molecular formula is C16H15BrF3N. The van der Waals surface area contributed by atoms with Gasteiger partial charge in [0.1, 0.15) is 17.5 Å². The average molecular weight is 358 g/mol. The van der Waals surface area contributed by atoms with Crippen molar-refractivity contribution in [2.75, 3.05) is 7.05 Å². The number of halogens is 4. The first-order valence-corrected chi connectivity index (χ1v) is 7.35. The molecule has 2 aromatic carbocycles. The second-order valence-electron chi connectivity index (χ2n) is 4.81. The summed E-state index contributed by atoms with van der Waals surface area (Å²) >= 11 is 3.20. The minimum absolute atomic E-state index is 0.0457. The lowest BCUT2D eigenvalue weighted by Gasteiger charge is -2.18. The summed E-state index contributed by atoms with van der Waals surface area (Å²) in [4.78, 5) is 0. The maximum atomic E-state index is 13.7. The quantitative estimate of drug-likeness (QED) is 0.843. The zero-order chi connectivity index (χ0) is 15.4. The van der Waals surface area contributed by atoms with E-state index in [1.165, 1.54) is 24.3 Å². The Balaban J connectivity index is 2.19. The molecule has 0 heterocycles. The van der Waals surface area contributed by atoms with Gasteiger partial charge in [-0.25, -0.2) is 13.2 Å². The van der Waals surface area contributed by atoms with Gasteiger partial charge in [0.2, 0.25) is 0 Å². The molecule has 2 aromatic rings. The maximum Gasteiger partial charge on any atom is 0.137 e. The van der Waals surface area contributed by atoms with Gasteiger partial charge in [0, 0.05) is 11.6 Å². The molecule has 2 rings (SSSR count). The molecule has 1 N–H and O–H groups in total. The van der Waals surface area contributed by atoms with E-state index in [0.717, 1.165) is 5.56 Å². The Morgan fingerprint density at radius 2 is 1.52 bits per heavy atom. The van der Waals surface area contributed by atoms with Gasteiger partial charge in [-0.1, -0.05) is 18.2 Å². The van der Waals surface area contributed by atoms with Crippen LogP contribution in [0.1, 0.15) is 11.1 Å². The normalized spacial score (nSPS) is 12.4. The molecule has 112 valence electrons. The Bertz CT molecular complexity index is 611. The fraction of sp³-hybridized carbons (Fsp3) is 0.250. The molecule has 1 nitrogen and oxygen atoms in total. The lowest BCUT2D eigenvalue weighted by Crippen LogP contribution is -2.30. The van der Waals surface area contributed by atoms with E-state index >= 15 is 0 Å². The summed E-state index contributed by atoms with van der Waals surface area (Å²) in [7, 11) is 1.72. The molecule has 1 unspecified atom stereocenters. The number of rotatable bonds is 5. The standard InChI is InChI=1S/C16H15BrF3N/c1-21-11(8-10-4-2-7-15(20)16(10)17)9-12-13(18)5-3-6-14(12)19/h2-7,11,21H,8-9H2,1H3. The minimum Gasteiger partial charge on any atom is -0.316 e. The van der Waals surface area contributed by atoms with E-state index in [1.54, 1.807) is 19.2 Å². The van der Waals surface area contributed by atoms with Gasteiger partial charge in [-0.15, -0.1) is 0 Å². The Labute approximate surface area is 130 Å². The van der Waals surface area contributed by atoms with Gasteiger partial charge in [-0.2, -0.15) is 0 Å². The number of nitrogens with one attached hydrogen (secondary N) is 1. The maximum absolute atomic E-state index is 13.7. The Morgan fingerprint density at radius 1 is 0.952 bits per heavy atom. The highest BCUT2D eigenvalue weighted by molar-refractivity contribution is 9.10. The monoisotopic (exact) mass is 357 g/mol. The highest BCUT2D eigenvalue weighted by atomic mass is 79.9.